The van der Waals surface area contributed by atoms with Crippen molar-refractivity contribution in [2.24, 2.45) is 0 Å². The van der Waals surface area contributed by atoms with Crippen molar-refractivity contribution in [3.05, 3.63) is 35.9 Å². The van der Waals surface area contributed by atoms with Gasteiger partial charge >= 0.3 is 0 Å². The van der Waals surface area contributed by atoms with Crippen molar-refractivity contribution in [1.82, 2.24) is 5.32 Å². The molecule has 0 bridgehead atoms. The van der Waals surface area contributed by atoms with Crippen LogP contribution in [0.25, 0.3) is 0 Å². The number of hydrogen-bond donors (Lipinski definition) is 2. The molecule has 96 valence electrons. The number of hydrogen-bond acceptors (Lipinski definition) is 4. The average Bonchev–Trinajstić information content (AvgIpc) is 2.38. The maximum atomic E-state index is 8.57. The van der Waals surface area contributed by atoms with Crippen molar-refractivity contribution in [3.63, 3.8) is 0 Å². The predicted octanol–water partition coefficient (Wildman–Crippen LogP) is 0.973. The number of benzene rings is 1. The summed E-state index contributed by atoms with van der Waals surface area (Å²) in [4.78, 5) is 0. The van der Waals surface area contributed by atoms with Crippen LogP contribution in [0, 0.1) is 0 Å². The van der Waals surface area contributed by atoms with Crippen LogP contribution in [0.3, 0.4) is 0 Å². The second-order valence-corrected chi connectivity index (χ2v) is 3.71. The van der Waals surface area contributed by atoms with E-state index in [2.05, 4.69) is 17.4 Å². The van der Waals surface area contributed by atoms with Gasteiger partial charge in [0, 0.05) is 13.7 Å². The van der Waals surface area contributed by atoms with Gasteiger partial charge in [-0.15, -0.1) is 0 Å². The zero-order valence-electron chi connectivity index (χ0n) is 10.3. The third-order valence-corrected chi connectivity index (χ3v) is 2.41. The van der Waals surface area contributed by atoms with Crippen molar-refractivity contribution in [3.8, 4) is 0 Å². The lowest BCUT2D eigenvalue weighted by Crippen LogP contribution is -2.28. The van der Waals surface area contributed by atoms with E-state index >= 15 is 0 Å². The van der Waals surface area contributed by atoms with Crippen LogP contribution in [0.5, 0.6) is 0 Å². The number of ether oxygens (including phenoxy) is 2. The Morgan fingerprint density at radius 2 is 2.00 bits per heavy atom. The summed E-state index contributed by atoms with van der Waals surface area (Å²) < 4.78 is 10.4. The minimum Gasteiger partial charge on any atom is -0.394 e. The van der Waals surface area contributed by atoms with Gasteiger partial charge in [-0.3, -0.25) is 0 Å². The monoisotopic (exact) mass is 239 g/mol. The molecule has 0 aliphatic heterocycles. The molecule has 0 heterocycles. The highest BCUT2D eigenvalue weighted by Crippen LogP contribution is 2.12. The van der Waals surface area contributed by atoms with E-state index in [0.717, 1.165) is 6.54 Å². The van der Waals surface area contributed by atoms with E-state index in [1.54, 1.807) is 7.11 Å². The fourth-order valence-electron chi connectivity index (χ4n) is 1.60. The first kappa shape index (κ1) is 14.1. The topological polar surface area (TPSA) is 50.7 Å². The first-order valence-corrected chi connectivity index (χ1v) is 5.84. The third-order valence-electron chi connectivity index (χ3n) is 2.41. The van der Waals surface area contributed by atoms with Crippen LogP contribution in [0.2, 0.25) is 0 Å². The number of nitrogens with one attached hydrogen (secondary N) is 1. The van der Waals surface area contributed by atoms with Crippen LogP contribution in [0.4, 0.5) is 0 Å². The van der Waals surface area contributed by atoms with E-state index in [4.69, 9.17) is 14.6 Å². The molecular weight excluding hydrogens is 218 g/mol. The second-order valence-electron chi connectivity index (χ2n) is 3.71. The molecule has 1 aromatic carbocycles. The van der Waals surface area contributed by atoms with Gasteiger partial charge in [-0.2, -0.15) is 0 Å². The lowest BCUT2D eigenvalue weighted by Gasteiger charge is -2.18. The molecular formula is C13H21NO3. The van der Waals surface area contributed by atoms with Gasteiger partial charge in [-0.25, -0.2) is 0 Å². The normalized spacial score (nSPS) is 12.6. The van der Waals surface area contributed by atoms with E-state index in [1.807, 2.05) is 18.2 Å². The lowest BCUT2D eigenvalue weighted by atomic mass is 10.1. The van der Waals surface area contributed by atoms with Gasteiger partial charge in [0.25, 0.3) is 0 Å². The maximum absolute atomic E-state index is 8.57. The van der Waals surface area contributed by atoms with Crippen molar-refractivity contribution < 1.29 is 14.6 Å². The summed E-state index contributed by atoms with van der Waals surface area (Å²) in [6.07, 6.45) is 0. The summed E-state index contributed by atoms with van der Waals surface area (Å²) in [5.74, 6) is 0. The summed E-state index contributed by atoms with van der Waals surface area (Å²) in [7, 11) is 1.69. The molecule has 0 aromatic heterocycles. The fraction of sp³-hybridized carbons (Fsp3) is 0.538. The molecule has 1 atom stereocenters. The molecule has 0 saturated carbocycles. The summed E-state index contributed by atoms with van der Waals surface area (Å²) in [6, 6.07) is 10.4. The van der Waals surface area contributed by atoms with Crippen LogP contribution in [-0.4, -0.2) is 45.2 Å². The van der Waals surface area contributed by atoms with Crippen LogP contribution >= 0.6 is 0 Å². The molecule has 2 N–H and O–H groups in total. The molecule has 1 unspecified atom stereocenters. The lowest BCUT2D eigenvalue weighted by molar-refractivity contribution is 0.0891. The van der Waals surface area contributed by atoms with Crippen LogP contribution in [-0.2, 0) is 9.47 Å². The summed E-state index contributed by atoms with van der Waals surface area (Å²) in [6.45, 7) is 2.42. The second kappa shape index (κ2) is 9.13. The highest BCUT2D eigenvalue weighted by atomic mass is 16.5. The van der Waals surface area contributed by atoms with Gasteiger partial charge in [0.05, 0.1) is 32.5 Å². The van der Waals surface area contributed by atoms with Gasteiger partial charge in [0.15, 0.2) is 0 Å². The Hall–Kier alpha value is -0.940. The Balaban J connectivity index is 2.33. The van der Waals surface area contributed by atoms with Gasteiger partial charge < -0.3 is 19.9 Å². The minimum atomic E-state index is 0.0696. The molecule has 0 aliphatic rings. The smallest absolute Gasteiger partial charge is 0.0698 e. The van der Waals surface area contributed by atoms with Crippen molar-refractivity contribution in [2.75, 3.05) is 40.1 Å². The van der Waals surface area contributed by atoms with Gasteiger partial charge in [-0.1, -0.05) is 30.3 Å². The Morgan fingerprint density at radius 1 is 1.24 bits per heavy atom. The standard InChI is InChI=1S/C13H21NO3/c1-16-11-13(12-5-3-2-4-6-12)14-7-9-17-10-8-15/h2-6,13-15H,7-11H2,1H3. The number of methoxy groups -OCH3 is 1. The summed E-state index contributed by atoms with van der Waals surface area (Å²) in [5, 5.41) is 11.9. The molecule has 0 saturated heterocycles. The highest BCUT2D eigenvalue weighted by Gasteiger charge is 2.09. The number of aliphatic hydroxyl groups excluding tert-OH is 1. The summed E-state index contributed by atoms with van der Waals surface area (Å²) in [5.41, 5.74) is 1.21. The van der Waals surface area contributed by atoms with Crippen LogP contribution in [0.1, 0.15) is 11.6 Å². The Kier molecular flexibility index (Phi) is 7.58. The summed E-state index contributed by atoms with van der Waals surface area (Å²) >= 11 is 0. The maximum Gasteiger partial charge on any atom is 0.0698 e. The molecule has 0 fully saturated rings. The van der Waals surface area contributed by atoms with E-state index in [1.165, 1.54) is 5.56 Å². The van der Waals surface area contributed by atoms with Gasteiger partial charge in [0.1, 0.15) is 0 Å². The molecule has 4 heteroatoms. The zero-order valence-corrected chi connectivity index (χ0v) is 10.3. The van der Waals surface area contributed by atoms with E-state index < -0.39 is 0 Å². The molecule has 4 nitrogen and oxygen atoms in total. The zero-order chi connectivity index (χ0) is 12.3. The molecule has 0 amide bonds. The van der Waals surface area contributed by atoms with Crippen LogP contribution in [0.15, 0.2) is 30.3 Å². The van der Waals surface area contributed by atoms with Crippen LogP contribution < -0.4 is 5.32 Å². The Labute approximate surface area is 103 Å². The molecule has 0 aliphatic carbocycles. The molecule has 0 radical (unpaired) electrons. The number of rotatable bonds is 9. The third kappa shape index (κ3) is 5.79. The van der Waals surface area contributed by atoms with Gasteiger partial charge in [-0.05, 0) is 5.56 Å². The first-order chi connectivity index (χ1) is 8.38. The van der Waals surface area contributed by atoms with Crippen molar-refractivity contribution in [1.29, 1.82) is 0 Å². The number of aliphatic hydroxyl groups is 1. The van der Waals surface area contributed by atoms with E-state index in [0.29, 0.717) is 19.8 Å². The minimum absolute atomic E-state index is 0.0696. The Bertz CT molecular complexity index is 279. The van der Waals surface area contributed by atoms with E-state index in [-0.39, 0.29) is 12.6 Å². The Morgan fingerprint density at radius 3 is 2.65 bits per heavy atom. The van der Waals surface area contributed by atoms with E-state index in [9.17, 15) is 0 Å². The molecule has 1 aromatic rings. The first-order valence-electron chi connectivity index (χ1n) is 5.84. The molecule has 0 spiro atoms. The highest BCUT2D eigenvalue weighted by molar-refractivity contribution is 5.18. The largest absolute Gasteiger partial charge is 0.394 e. The fourth-order valence-corrected chi connectivity index (χ4v) is 1.60. The molecule has 17 heavy (non-hydrogen) atoms. The predicted molar refractivity (Wildman–Crippen MR) is 67.0 cm³/mol. The van der Waals surface area contributed by atoms with Crippen molar-refractivity contribution >= 4 is 0 Å². The van der Waals surface area contributed by atoms with Gasteiger partial charge in [0.2, 0.25) is 0 Å². The van der Waals surface area contributed by atoms with Crippen molar-refractivity contribution in [2.45, 2.75) is 6.04 Å². The molecule has 1 rings (SSSR count). The average molecular weight is 239 g/mol. The quantitative estimate of drug-likeness (QED) is 0.631. The SMILES string of the molecule is COCC(NCCOCCO)c1ccccc1.